The highest BCUT2D eigenvalue weighted by molar-refractivity contribution is 6.31. The van der Waals surface area contributed by atoms with Crippen LogP contribution in [0.3, 0.4) is 0 Å². The van der Waals surface area contributed by atoms with Crippen molar-refractivity contribution in [2.45, 2.75) is 51.9 Å². The summed E-state index contributed by atoms with van der Waals surface area (Å²) in [4.78, 5) is 0. The molecule has 0 spiro atoms. The van der Waals surface area contributed by atoms with Crippen molar-refractivity contribution in [2.75, 3.05) is 0 Å². The Morgan fingerprint density at radius 3 is 1.96 bits per heavy atom. The van der Waals surface area contributed by atoms with Crippen molar-refractivity contribution in [1.82, 2.24) is 0 Å². The van der Waals surface area contributed by atoms with Crippen molar-refractivity contribution < 1.29 is 8.78 Å². The first-order chi connectivity index (χ1) is 10.5. The van der Waals surface area contributed by atoms with Crippen molar-refractivity contribution in [3.05, 3.63) is 69.7 Å². The van der Waals surface area contributed by atoms with Gasteiger partial charge in [-0.15, -0.1) is 0 Å². The zero-order valence-electron chi connectivity index (χ0n) is 14.3. The maximum atomic E-state index is 13.5. The summed E-state index contributed by atoms with van der Waals surface area (Å²) in [6.45, 7) is 10.4. The Morgan fingerprint density at radius 1 is 0.826 bits per heavy atom. The van der Waals surface area contributed by atoms with Crippen LogP contribution in [0.2, 0.25) is 5.02 Å². The minimum absolute atomic E-state index is 0.0395. The van der Waals surface area contributed by atoms with E-state index in [1.54, 1.807) is 6.07 Å². The summed E-state index contributed by atoms with van der Waals surface area (Å²) in [6.07, 6.45) is 0.654. The molecule has 0 amide bonds. The second kappa shape index (κ2) is 6.24. The van der Waals surface area contributed by atoms with Crippen LogP contribution in [0, 0.1) is 11.6 Å². The molecule has 0 heterocycles. The number of halogens is 3. The maximum Gasteiger partial charge on any atom is 0.159 e. The van der Waals surface area contributed by atoms with Gasteiger partial charge in [-0.3, -0.25) is 0 Å². The summed E-state index contributed by atoms with van der Waals surface area (Å²) in [5, 5.41) is 0.716. The van der Waals surface area contributed by atoms with Gasteiger partial charge in [0, 0.05) is 5.02 Å². The van der Waals surface area contributed by atoms with E-state index < -0.39 is 11.6 Å². The molecule has 0 N–H and O–H groups in total. The summed E-state index contributed by atoms with van der Waals surface area (Å²) in [5.41, 5.74) is 2.64. The van der Waals surface area contributed by atoms with Crippen molar-refractivity contribution in [2.24, 2.45) is 0 Å². The Hall–Kier alpha value is -1.41. The maximum absolute atomic E-state index is 13.5. The van der Waals surface area contributed by atoms with Gasteiger partial charge >= 0.3 is 0 Å². The van der Waals surface area contributed by atoms with Gasteiger partial charge in [0.15, 0.2) is 11.6 Å². The highest BCUT2D eigenvalue weighted by Crippen LogP contribution is 2.33. The van der Waals surface area contributed by atoms with E-state index in [0.717, 1.165) is 11.1 Å². The van der Waals surface area contributed by atoms with E-state index in [0.29, 0.717) is 11.4 Å². The molecule has 0 saturated carbocycles. The first-order valence-corrected chi connectivity index (χ1v) is 8.13. The van der Waals surface area contributed by atoms with E-state index in [9.17, 15) is 8.78 Å². The standard InChI is InChI=1S/C20H23ClF2/c1-19(2,3)14-7-6-13(16(21)10-14)12-20(4,5)15-8-9-17(22)18(23)11-15/h6-11H,12H2,1-5H3. The van der Waals surface area contributed by atoms with Crippen LogP contribution in [0.1, 0.15) is 51.3 Å². The number of hydrogen-bond acceptors (Lipinski definition) is 0. The van der Waals surface area contributed by atoms with Crippen molar-refractivity contribution >= 4 is 11.6 Å². The largest absolute Gasteiger partial charge is 0.204 e. The lowest BCUT2D eigenvalue weighted by atomic mass is 9.78. The van der Waals surface area contributed by atoms with Gasteiger partial charge in [0.1, 0.15) is 0 Å². The molecule has 0 unspecified atom stereocenters. The van der Waals surface area contributed by atoms with Gasteiger partial charge in [0.25, 0.3) is 0 Å². The molecule has 124 valence electrons. The van der Waals surface area contributed by atoms with Gasteiger partial charge in [-0.2, -0.15) is 0 Å². The minimum Gasteiger partial charge on any atom is -0.204 e. The van der Waals surface area contributed by atoms with Gasteiger partial charge in [-0.05, 0) is 52.1 Å². The van der Waals surface area contributed by atoms with Gasteiger partial charge < -0.3 is 0 Å². The fraction of sp³-hybridized carbons (Fsp3) is 0.400. The Bertz CT molecular complexity index is 712. The lowest BCUT2D eigenvalue weighted by Crippen LogP contribution is -2.21. The van der Waals surface area contributed by atoms with Gasteiger partial charge in [-0.25, -0.2) is 8.78 Å². The fourth-order valence-corrected chi connectivity index (χ4v) is 2.90. The molecule has 2 rings (SSSR count). The van der Waals surface area contributed by atoms with Crippen LogP contribution in [-0.2, 0) is 17.3 Å². The zero-order valence-corrected chi connectivity index (χ0v) is 15.1. The molecule has 0 aliphatic rings. The zero-order chi connectivity index (χ0) is 17.4. The fourth-order valence-electron chi connectivity index (χ4n) is 2.65. The second-order valence-electron chi connectivity index (χ2n) is 7.75. The minimum atomic E-state index is -0.822. The lowest BCUT2D eigenvalue weighted by molar-refractivity contribution is 0.486. The van der Waals surface area contributed by atoms with Crippen LogP contribution in [0.4, 0.5) is 8.78 Å². The topological polar surface area (TPSA) is 0 Å². The summed E-state index contributed by atoms with van der Waals surface area (Å²) in [5.74, 6) is -1.64. The molecular formula is C20H23ClF2. The molecule has 0 saturated heterocycles. The van der Waals surface area contributed by atoms with E-state index in [4.69, 9.17) is 11.6 Å². The molecule has 0 bridgehead atoms. The third-order valence-electron chi connectivity index (χ3n) is 4.25. The molecule has 0 aliphatic heterocycles. The molecule has 0 aromatic heterocycles. The Kier molecular flexibility index (Phi) is 4.86. The highest BCUT2D eigenvalue weighted by Gasteiger charge is 2.24. The van der Waals surface area contributed by atoms with Crippen molar-refractivity contribution in [3.63, 3.8) is 0 Å². The lowest BCUT2D eigenvalue weighted by Gasteiger charge is -2.27. The van der Waals surface area contributed by atoms with Gasteiger partial charge in [-0.1, -0.05) is 64.4 Å². The second-order valence-corrected chi connectivity index (χ2v) is 8.15. The number of hydrogen-bond donors (Lipinski definition) is 0. The first kappa shape index (κ1) is 17.9. The molecule has 3 heteroatoms. The predicted octanol–water partition coefficient (Wildman–Crippen LogP) is 6.44. The van der Waals surface area contributed by atoms with Crippen LogP contribution in [0.25, 0.3) is 0 Å². The van der Waals surface area contributed by atoms with E-state index in [2.05, 4.69) is 26.8 Å². The van der Waals surface area contributed by atoms with Crippen molar-refractivity contribution in [3.8, 4) is 0 Å². The van der Waals surface area contributed by atoms with Crippen LogP contribution in [0.15, 0.2) is 36.4 Å². The average Bonchev–Trinajstić information content (AvgIpc) is 2.42. The molecule has 23 heavy (non-hydrogen) atoms. The SMILES string of the molecule is CC(C)(C)c1ccc(CC(C)(C)c2ccc(F)c(F)c2)c(Cl)c1. The summed E-state index contributed by atoms with van der Waals surface area (Å²) < 4.78 is 26.6. The van der Waals surface area contributed by atoms with E-state index in [1.165, 1.54) is 17.7 Å². The average molecular weight is 337 g/mol. The quantitative estimate of drug-likeness (QED) is 0.605. The predicted molar refractivity (Wildman–Crippen MR) is 93.2 cm³/mol. The Labute approximate surface area is 142 Å². The smallest absolute Gasteiger partial charge is 0.159 e. The molecule has 0 aliphatic carbocycles. The van der Waals surface area contributed by atoms with Gasteiger partial charge in [0.05, 0.1) is 0 Å². The van der Waals surface area contributed by atoms with Crippen molar-refractivity contribution in [1.29, 1.82) is 0 Å². The Balaban J connectivity index is 2.31. The molecule has 0 nitrogen and oxygen atoms in total. The van der Waals surface area contributed by atoms with Crippen LogP contribution < -0.4 is 0 Å². The molecule has 0 fully saturated rings. The normalized spacial score (nSPS) is 12.5. The molecule has 0 radical (unpaired) electrons. The third-order valence-corrected chi connectivity index (χ3v) is 4.60. The molecule has 2 aromatic rings. The molecule has 2 aromatic carbocycles. The van der Waals surface area contributed by atoms with Crippen LogP contribution in [0.5, 0.6) is 0 Å². The Morgan fingerprint density at radius 2 is 1.43 bits per heavy atom. The summed E-state index contributed by atoms with van der Waals surface area (Å²) in [7, 11) is 0. The van der Waals surface area contributed by atoms with E-state index >= 15 is 0 Å². The third kappa shape index (κ3) is 4.11. The summed E-state index contributed by atoms with van der Waals surface area (Å²) >= 11 is 6.45. The van der Waals surface area contributed by atoms with Gasteiger partial charge in [0.2, 0.25) is 0 Å². The van der Waals surface area contributed by atoms with E-state index in [1.807, 2.05) is 26.0 Å². The monoisotopic (exact) mass is 336 g/mol. The van der Waals surface area contributed by atoms with Crippen LogP contribution in [-0.4, -0.2) is 0 Å². The molecule has 0 atom stereocenters. The van der Waals surface area contributed by atoms with E-state index in [-0.39, 0.29) is 10.8 Å². The number of benzene rings is 2. The number of rotatable bonds is 3. The highest BCUT2D eigenvalue weighted by atomic mass is 35.5. The summed E-state index contributed by atoms with van der Waals surface area (Å²) in [6, 6.07) is 10.2. The first-order valence-electron chi connectivity index (χ1n) is 7.75. The van der Waals surface area contributed by atoms with Crippen LogP contribution >= 0.6 is 11.6 Å². The molecular weight excluding hydrogens is 314 g/mol.